The molecule has 3 aromatic rings. The summed E-state index contributed by atoms with van der Waals surface area (Å²) in [5, 5.41) is 4.38. The lowest BCUT2D eigenvalue weighted by Crippen LogP contribution is -2.55. The van der Waals surface area contributed by atoms with Gasteiger partial charge in [-0.05, 0) is 89.4 Å². The minimum atomic E-state index is 0.000247. The molecule has 1 aliphatic carbocycles. The molecule has 1 N–H and O–H groups in total. The summed E-state index contributed by atoms with van der Waals surface area (Å²) in [6.07, 6.45) is 7.42. The van der Waals surface area contributed by atoms with Crippen LogP contribution in [0.5, 0.6) is 0 Å². The van der Waals surface area contributed by atoms with Crippen molar-refractivity contribution in [2.24, 2.45) is 0 Å². The van der Waals surface area contributed by atoms with Gasteiger partial charge in [-0.15, -0.1) is 0 Å². The van der Waals surface area contributed by atoms with Crippen molar-refractivity contribution in [3.8, 4) is 0 Å². The van der Waals surface area contributed by atoms with Crippen molar-refractivity contribution in [3.05, 3.63) is 81.9 Å². The zero-order valence-corrected chi connectivity index (χ0v) is 25.3. The van der Waals surface area contributed by atoms with Gasteiger partial charge in [0, 0.05) is 37.3 Å². The number of fused-ring (bicyclic) bond motifs is 1. The standard InChI is InChI=1S/C34H47N5O/c1-7-12-31(38-22-24(3)35-25(4)23-38)32-36-30-16-15-27(21-29(30)33(40)39(32)8-2)26-17-19-34(20-18-26,37(5)6)28-13-10-9-11-14-28/h9-11,13-17,21,24-25,31,35H,7-8,12,18-20,22-23H2,1-6H3/t24-,25+,31-,34+/m0/s1. The van der Waals surface area contributed by atoms with Crippen molar-refractivity contribution < 1.29 is 0 Å². The molecule has 1 saturated heterocycles. The number of nitrogens with one attached hydrogen (secondary N) is 1. The van der Waals surface area contributed by atoms with Crippen LogP contribution >= 0.6 is 0 Å². The van der Waals surface area contributed by atoms with E-state index < -0.39 is 0 Å². The van der Waals surface area contributed by atoms with Crippen molar-refractivity contribution in [2.45, 2.75) is 90.0 Å². The average molecular weight is 542 g/mol. The van der Waals surface area contributed by atoms with E-state index in [0.717, 1.165) is 67.5 Å². The monoisotopic (exact) mass is 541 g/mol. The Kier molecular flexibility index (Phi) is 8.60. The molecule has 0 amide bonds. The molecular weight excluding hydrogens is 494 g/mol. The number of hydrogen-bond donors (Lipinski definition) is 1. The highest BCUT2D eigenvalue weighted by Gasteiger charge is 2.36. The smallest absolute Gasteiger partial charge is 0.261 e. The minimum Gasteiger partial charge on any atom is -0.309 e. The van der Waals surface area contributed by atoms with E-state index in [2.05, 4.69) is 112 Å². The third kappa shape index (κ3) is 5.41. The molecule has 214 valence electrons. The maximum absolute atomic E-state index is 14.0. The van der Waals surface area contributed by atoms with Crippen molar-refractivity contribution >= 4 is 16.5 Å². The summed E-state index contributed by atoms with van der Waals surface area (Å²) in [6, 6.07) is 18.2. The molecule has 0 bridgehead atoms. The van der Waals surface area contributed by atoms with E-state index >= 15 is 0 Å². The molecule has 2 aromatic carbocycles. The van der Waals surface area contributed by atoms with Crippen molar-refractivity contribution in [1.82, 2.24) is 24.7 Å². The van der Waals surface area contributed by atoms with E-state index in [1.807, 2.05) is 4.57 Å². The summed E-state index contributed by atoms with van der Waals surface area (Å²) in [7, 11) is 4.37. The van der Waals surface area contributed by atoms with Crippen LogP contribution in [0.1, 0.15) is 82.8 Å². The van der Waals surface area contributed by atoms with Crippen LogP contribution in [0.25, 0.3) is 16.5 Å². The number of aromatic nitrogens is 2. The maximum atomic E-state index is 14.0. The van der Waals surface area contributed by atoms with Gasteiger partial charge in [-0.2, -0.15) is 0 Å². The van der Waals surface area contributed by atoms with Gasteiger partial charge >= 0.3 is 0 Å². The first-order chi connectivity index (χ1) is 19.3. The maximum Gasteiger partial charge on any atom is 0.261 e. The van der Waals surface area contributed by atoms with E-state index in [9.17, 15) is 4.79 Å². The summed E-state index contributed by atoms with van der Waals surface area (Å²) in [4.78, 5) is 24.1. The SMILES string of the molecule is CCC[C@@H](c1nc2ccc(C3=CC[C@@](c4ccccc4)(N(C)C)CC3)cc2c(=O)n1CC)N1C[C@@H](C)N[C@@H](C)C1. The molecule has 1 fully saturated rings. The fourth-order valence-electron chi connectivity index (χ4n) is 7.14. The summed E-state index contributed by atoms with van der Waals surface area (Å²) >= 11 is 0. The number of benzene rings is 2. The zero-order valence-electron chi connectivity index (χ0n) is 25.3. The van der Waals surface area contributed by atoms with Gasteiger partial charge in [0.2, 0.25) is 0 Å². The van der Waals surface area contributed by atoms with E-state index in [0.29, 0.717) is 18.6 Å². The Labute approximate surface area is 240 Å². The van der Waals surface area contributed by atoms with Gasteiger partial charge in [0.25, 0.3) is 5.56 Å². The fourth-order valence-corrected chi connectivity index (χ4v) is 7.14. The van der Waals surface area contributed by atoms with E-state index in [1.54, 1.807) is 0 Å². The Morgan fingerprint density at radius 1 is 1.07 bits per heavy atom. The van der Waals surface area contributed by atoms with Crippen LogP contribution in [0, 0.1) is 0 Å². The second-order valence-electron chi connectivity index (χ2n) is 12.2. The van der Waals surface area contributed by atoms with Crippen molar-refractivity contribution in [2.75, 3.05) is 27.2 Å². The first-order valence-electron chi connectivity index (χ1n) is 15.2. The van der Waals surface area contributed by atoms with Crippen molar-refractivity contribution in [3.63, 3.8) is 0 Å². The molecule has 6 heteroatoms. The fraction of sp³-hybridized carbons (Fsp3) is 0.529. The first kappa shape index (κ1) is 28.7. The molecule has 2 heterocycles. The van der Waals surface area contributed by atoms with Gasteiger partial charge in [0.1, 0.15) is 5.82 Å². The Morgan fingerprint density at radius 2 is 1.80 bits per heavy atom. The predicted molar refractivity (Wildman–Crippen MR) is 167 cm³/mol. The number of nitrogens with zero attached hydrogens (tertiary/aromatic N) is 4. The van der Waals surface area contributed by atoms with E-state index in [1.165, 1.54) is 11.1 Å². The second-order valence-corrected chi connectivity index (χ2v) is 12.2. The number of piperazine rings is 1. The highest BCUT2D eigenvalue weighted by molar-refractivity contribution is 5.83. The lowest BCUT2D eigenvalue weighted by Gasteiger charge is -2.43. The molecule has 0 spiro atoms. The lowest BCUT2D eigenvalue weighted by atomic mass is 9.75. The van der Waals surface area contributed by atoms with Crippen LogP contribution in [0.4, 0.5) is 0 Å². The van der Waals surface area contributed by atoms with Crippen LogP contribution < -0.4 is 10.9 Å². The Morgan fingerprint density at radius 3 is 2.40 bits per heavy atom. The Balaban J connectivity index is 1.50. The quantitative estimate of drug-likeness (QED) is 0.381. The molecule has 6 nitrogen and oxygen atoms in total. The molecule has 2 aliphatic rings. The first-order valence-corrected chi connectivity index (χ1v) is 15.2. The van der Waals surface area contributed by atoms with Crippen LogP contribution in [0.15, 0.2) is 59.4 Å². The predicted octanol–water partition coefficient (Wildman–Crippen LogP) is 5.96. The molecule has 40 heavy (non-hydrogen) atoms. The lowest BCUT2D eigenvalue weighted by molar-refractivity contribution is 0.109. The molecule has 4 atom stereocenters. The van der Waals surface area contributed by atoms with Crippen LogP contribution in [-0.4, -0.2) is 58.6 Å². The summed E-state index contributed by atoms with van der Waals surface area (Å²) in [6.45, 7) is 11.4. The highest BCUT2D eigenvalue weighted by Crippen LogP contribution is 2.43. The summed E-state index contributed by atoms with van der Waals surface area (Å²) < 4.78 is 1.94. The Bertz CT molecular complexity index is 1400. The van der Waals surface area contributed by atoms with Gasteiger partial charge in [-0.3, -0.25) is 19.2 Å². The van der Waals surface area contributed by atoms with Crippen LogP contribution in [-0.2, 0) is 12.1 Å². The van der Waals surface area contributed by atoms with E-state index in [-0.39, 0.29) is 17.1 Å². The molecule has 1 aromatic heterocycles. The molecule has 0 saturated carbocycles. The summed E-state index contributed by atoms with van der Waals surface area (Å²) in [5.41, 5.74) is 4.75. The zero-order chi connectivity index (χ0) is 28.4. The van der Waals surface area contributed by atoms with Gasteiger partial charge in [0.05, 0.1) is 16.9 Å². The minimum absolute atomic E-state index is 0.000247. The topological polar surface area (TPSA) is 53.4 Å². The molecular formula is C34H47N5O. The largest absolute Gasteiger partial charge is 0.309 e. The molecule has 1 aliphatic heterocycles. The van der Waals surface area contributed by atoms with Gasteiger partial charge in [-0.25, -0.2) is 4.98 Å². The van der Waals surface area contributed by atoms with Gasteiger partial charge in [0.15, 0.2) is 0 Å². The highest BCUT2D eigenvalue weighted by atomic mass is 16.1. The molecule has 0 unspecified atom stereocenters. The van der Waals surface area contributed by atoms with Crippen LogP contribution in [0.2, 0.25) is 0 Å². The third-order valence-electron chi connectivity index (χ3n) is 9.22. The molecule has 0 radical (unpaired) electrons. The van der Waals surface area contributed by atoms with E-state index in [4.69, 9.17) is 4.98 Å². The van der Waals surface area contributed by atoms with Gasteiger partial charge < -0.3 is 5.32 Å². The second kappa shape index (κ2) is 12.0. The third-order valence-corrected chi connectivity index (χ3v) is 9.22. The molecule has 5 rings (SSSR count). The number of allylic oxidation sites excluding steroid dienone is 1. The van der Waals surface area contributed by atoms with Crippen LogP contribution in [0.3, 0.4) is 0 Å². The normalized spacial score (nSPS) is 24.8. The van der Waals surface area contributed by atoms with Gasteiger partial charge in [-0.1, -0.05) is 55.8 Å². The summed E-state index contributed by atoms with van der Waals surface area (Å²) in [5.74, 6) is 0.923. The number of rotatable bonds is 8. The van der Waals surface area contributed by atoms with Crippen molar-refractivity contribution in [1.29, 1.82) is 0 Å². The Hall–Kier alpha value is -2.80. The average Bonchev–Trinajstić information content (AvgIpc) is 2.95. The number of hydrogen-bond acceptors (Lipinski definition) is 5.